The average Bonchev–Trinajstić information content (AvgIpc) is 2.60. The van der Waals surface area contributed by atoms with Crippen molar-refractivity contribution >= 4 is 28.2 Å². The number of thiophene rings is 1. The van der Waals surface area contributed by atoms with Gasteiger partial charge < -0.3 is 10.2 Å². The van der Waals surface area contributed by atoms with E-state index in [0.29, 0.717) is 0 Å². The first-order valence-electron chi connectivity index (χ1n) is 4.56. The van der Waals surface area contributed by atoms with E-state index < -0.39 is 12.2 Å². The maximum absolute atomic E-state index is 10.7. The Morgan fingerprint density at radius 3 is 2.67 bits per heavy atom. The van der Waals surface area contributed by atoms with Crippen LogP contribution in [0.5, 0.6) is 0 Å². The van der Waals surface area contributed by atoms with Crippen LogP contribution in [-0.2, 0) is 4.79 Å². The van der Waals surface area contributed by atoms with Crippen LogP contribution >= 0.6 is 23.1 Å². The smallest absolute Gasteiger partial charge is 0.185 e. The normalized spacial score (nSPS) is 14.9. The van der Waals surface area contributed by atoms with Crippen LogP contribution in [0, 0.1) is 6.92 Å². The molecular formula is C10H14O3S2. The Bertz CT molecular complexity index is 335. The molecule has 0 saturated heterocycles. The van der Waals surface area contributed by atoms with Gasteiger partial charge in [0, 0.05) is 22.4 Å². The van der Waals surface area contributed by atoms with E-state index in [2.05, 4.69) is 0 Å². The van der Waals surface area contributed by atoms with Crippen LogP contribution in [0.25, 0.3) is 0 Å². The summed E-state index contributed by atoms with van der Waals surface area (Å²) in [6, 6.07) is 3.69. The van der Waals surface area contributed by atoms with Gasteiger partial charge in [0.2, 0.25) is 0 Å². The molecule has 0 amide bonds. The molecule has 2 N–H and O–H groups in total. The number of thioether (sulfide) groups is 1. The van der Waals surface area contributed by atoms with Crippen LogP contribution in [-0.4, -0.2) is 27.2 Å². The van der Waals surface area contributed by atoms with Crippen molar-refractivity contribution in [2.24, 2.45) is 0 Å². The molecule has 0 aliphatic rings. The van der Waals surface area contributed by atoms with Gasteiger partial charge in [-0.1, -0.05) is 11.8 Å². The third-order valence-corrected chi connectivity index (χ3v) is 3.86. The molecule has 84 valence electrons. The third-order valence-electron chi connectivity index (χ3n) is 1.87. The number of hydrogen-bond acceptors (Lipinski definition) is 5. The largest absolute Gasteiger partial charge is 0.389 e. The van der Waals surface area contributed by atoms with Gasteiger partial charge in [-0.3, -0.25) is 4.79 Å². The van der Waals surface area contributed by atoms with Gasteiger partial charge in [-0.15, -0.1) is 11.3 Å². The molecule has 1 heterocycles. The molecule has 5 heteroatoms. The summed E-state index contributed by atoms with van der Waals surface area (Å²) in [7, 11) is 0. The van der Waals surface area contributed by atoms with E-state index in [4.69, 9.17) is 0 Å². The van der Waals surface area contributed by atoms with Gasteiger partial charge in [0.05, 0.1) is 6.10 Å². The van der Waals surface area contributed by atoms with E-state index in [1.54, 1.807) is 6.07 Å². The highest BCUT2D eigenvalue weighted by Gasteiger charge is 2.20. The molecule has 0 saturated carbocycles. The fraction of sp³-hybridized carbons (Fsp3) is 0.500. The summed E-state index contributed by atoms with van der Waals surface area (Å²) in [4.78, 5) is 12.5. The van der Waals surface area contributed by atoms with Gasteiger partial charge in [-0.25, -0.2) is 0 Å². The van der Waals surface area contributed by atoms with E-state index in [9.17, 15) is 15.0 Å². The van der Waals surface area contributed by atoms with E-state index in [1.807, 2.05) is 13.0 Å². The van der Waals surface area contributed by atoms with Crippen molar-refractivity contribution in [2.45, 2.75) is 26.1 Å². The summed E-state index contributed by atoms with van der Waals surface area (Å²) < 4.78 is 0. The highest BCUT2D eigenvalue weighted by atomic mass is 32.2. The number of rotatable bonds is 4. The Morgan fingerprint density at radius 2 is 2.20 bits per heavy atom. The SMILES string of the molecule is CC(=O)SCC(O)C(O)c1ccc(C)s1. The molecule has 3 nitrogen and oxygen atoms in total. The van der Waals surface area contributed by atoms with Crippen molar-refractivity contribution < 1.29 is 15.0 Å². The Morgan fingerprint density at radius 1 is 1.53 bits per heavy atom. The zero-order valence-electron chi connectivity index (χ0n) is 8.64. The summed E-state index contributed by atoms with van der Waals surface area (Å²) in [5.41, 5.74) is 0. The predicted molar refractivity (Wildman–Crippen MR) is 63.2 cm³/mol. The standard InChI is InChI=1S/C10H14O3S2/c1-6-3-4-9(15-6)10(13)8(12)5-14-7(2)11/h3-4,8,10,12-13H,5H2,1-2H3. The molecule has 2 unspecified atom stereocenters. The van der Waals surface area contributed by atoms with Crippen molar-refractivity contribution in [3.8, 4) is 0 Å². The molecule has 0 aromatic carbocycles. The quantitative estimate of drug-likeness (QED) is 0.849. The highest BCUT2D eigenvalue weighted by Crippen LogP contribution is 2.26. The van der Waals surface area contributed by atoms with Crippen LogP contribution in [0.15, 0.2) is 12.1 Å². The number of hydrogen-bond donors (Lipinski definition) is 2. The second-order valence-corrected chi connectivity index (χ2v) is 5.78. The Hall–Kier alpha value is -0.360. The topological polar surface area (TPSA) is 57.5 Å². The summed E-state index contributed by atoms with van der Waals surface area (Å²) in [6.07, 6.45) is -1.78. The van der Waals surface area contributed by atoms with Crippen molar-refractivity contribution in [1.82, 2.24) is 0 Å². The zero-order chi connectivity index (χ0) is 11.4. The monoisotopic (exact) mass is 246 g/mol. The molecule has 2 atom stereocenters. The molecule has 0 aliphatic heterocycles. The maximum Gasteiger partial charge on any atom is 0.185 e. The van der Waals surface area contributed by atoms with E-state index in [1.165, 1.54) is 18.3 Å². The minimum Gasteiger partial charge on any atom is -0.389 e. The highest BCUT2D eigenvalue weighted by molar-refractivity contribution is 8.13. The summed E-state index contributed by atoms with van der Waals surface area (Å²) in [6.45, 7) is 3.39. The lowest BCUT2D eigenvalue weighted by atomic mass is 10.2. The van der Waals surface area contributed by atoms with Gasteiger partial charge in [-0.05, 0) is 19.1 Å². The lowest BCUT2D eigenvalue weighted by molar-refractivity contribution is -0.109. The van der Waals surface area contributed by atoms with Crippen molar-refractivity contribution in [1.29, 1.82) is 0 Å². The molecule has 1 aromatic rings. The van der Waals surface area contributed by atoms with Crippen molar-refractivity contribution in [3.05, 3.63) is 21.9 Å². The second-order valence-electron chi connectivity index (χ2n) is 3.26. The van der Waals surface area contributed by atoms with Crippen LogP contribution in [0.4, 0.5) is 0 Å². The molecule has 0 spiro atoms. The van der Waals surface area contributed by atoms with Crippen molar-refractivity contribution in [3.63, 3.8) is 0 Å². The zero-order valence-corrected chi connectivity index (χ0v) is 10.3. The van der Waals surface area contributed by atoms with E-state index in [0.717, 1.165) is 21.5 Å². The number of aryl methyl sites for hydroxylation is 1. The molecule has 0 fully saturated rings. The molecule has 1 rings (SSSR count). The molecule has 0 radical (unpaired) electrons. The second kappa shape index (κ2) is 5.65. The number of carbonyl (C=O) groups is 1. The molecular weight excluding hydrogens is 232 g/mol. The Balaban J connectivity index is 2.52. The predicted octanol–water partition coefficient (Wildman–Crippen LogP) is 1.73. The van der Waals surface area contributed by atoms with Crippen LogP contribution in [0.2, 0.25) is 0 Å². The lowest BCUT2D eigenvalue weighted by Gasteiger charge is -2.15. The number of carbonyl (C=O) groups excluding carboxylic acids is 1. The van der Waals surface area contributed by atoms with Gasteiger partial charge in [0.15, 0.2) is 5.12 Å². The molecule has 15 heavy (non-hydrogen) atoms. The maximum atomic E-state index is 10.7. The fourth-order valence-electron chi connectivity index (χ4n) is 1.10. The first kappa shape index (κ1) is 12.7. The summed E-state index contributed by atoms with van der Waals surface area (Å²) in [5, 5.41) is 19.3. The van der Waals surface area contributed by atoms with Gasteiger partial charge in [0.25, 0.3) is 0 Å². The van der Waals surface area contributed by atoms with Crippen LogP contribution in [0.3, 0.4) is 0 Å². The average molecular weight is 246 g/mol. The minimum atomic E-state index is -0.893. The lowest BCUT2D eigenvalue weighted by Crippen LogP contribution is -2.20. The summed E-state index contributed by atoms with van der Waals surface area (Å²) >= 11 is 2.48. The Kier molecular flexibility index (Phi) is 4.79. The third kappa shape index (κ3) is 3.95. The number of aliphatic hydroxyl groups excluding tert-OH is 2. The molecule has 1 aromatic heterocycles. The minimum absolute atomic E-state index is 0.0522. The first-order chi connectivity index (χ1) is 7.00. The Labute approximate surface area is 97.1 Å². The van der Waals surface area contributed by atoms with Crippen molar-refractivity contribution in [2.75, 3.05) is 5.75 Å². The fourth-order valence-corrected chi connectivity index (χ4v) is 2.61. The van der Waals surface area contributed by atoms with E-state index >= 15 is 0 Å². The first-order valence-corrected chi connectivity index (χ1v) is 6.36. The van der Waals surface area contributed by atoms with Crippen LogP contribution < -0.4 is 0 Å². The van der Waals surface area contributed by atoms with E-state index in [-0.39, 0.29) is 10.9 Å². The number of aliphatic hydroxyl groups is 2. The van der Waals surface area contributed by atoms with Gasteiger partial charge in [0.1, 0.15) is 6.10 Å². The van der Waals surface area contributed by atoms with Gasteiger partial charge in [-0.2, -0.15) is 0 Å². The van der Waals surface area contributed by atoms with Crippen LogP contribution in [0.1, 0.15) is 22.8 Å². The van der Waals surface area contributed by atoms with Gasteiger partial charge >= 0.3 is 0 Å². The summed E-state index contributed by atoms with van der Waals surface area (Å²) in [5.74, 6) is 0.230. The molecule has 0 aliphatic carbocycles. The molecule has 0 bridgehead atoms.